The van der Waals surface area contributed by atoms with Crippen molar-refractivity contribution in [3.05, 3.63) is 23.8 Å². The summed E-state index contributed by atoms with van der Waals surface area (Å²) < 4.78 is 11.4. The average molecular weight is 336 g/mol. The first-order valence-corrected chi connectivity index (χ1v) is 9.20. The van der Waals surface area contributed by atoms with Crippen molar-refractivity contribution in [2.24, 2.45) is 0 Å². The zero-order valence-electron chi connectivity index (χ0n) is 15.3. The molecule has 24 heavy (non-hydrogen) atoms. The molecule has 1 fully saturated rings. The van der Waals surface area contributed by atoms with Gasteiger partial charge in [-0.05, 0) is 44.5 Å². The lowest BCUT2D eigenvalue weighted by atomic mass is 10.0. The lowest BCUT2D eigenvalue weighted by Crippen LogP contribution is -2.48. The van der Waals surface area contributed by atoms with Gasteiger partial charge in [0.15, 0.2) is 11.5 Å². The number of rotatable bonds is 9. The van der Waals surface area contributed by atoms with E-state index in [0.717, 1.165) is 49.8 Å². The fraction of sp³-hybridized carbons (Fsp3) is 0.684. The van der Waals surface area contributed by atoms with Crippen LogP contribution in [-0.4, -0.2) is 67.5 Å². The first-order valence-electron chi connectivity index (χ1n) is 9.20. The largest absolute Gasteiger partial charge is 0.490 e. The number of benzene rings is 1. The number of ether oxygens (including phenoxy) is 2. The van der Waals surface area contributed by atoms with Crippen molar-refractivity contribution in [2.75, 3.05) is 52.5 Å². The maximum atomic E-state index is 9.97. The molecule has 1 N–H and O–H groups in total. The molecule has 1 aromatic rings. The van der Waals surface area contributed by atoms with Crippen LogP contribution in [0.5, 0.6) is 11.5 Å². The molecule has 1 aromatic carbocycles. The zero-order chi connectivity index (χ0) is 17.4. The van der Waals surface area contributed by atoms with E-state index in [9.17, 15) is 5.11 Å². The van der Waals surface area contributed by atoms with E-state index in [1.165, 1.54) is 6.42 Å². The summed E-state index contributed by atoms with van der Waals surface area (Å²) in [6.45, 7) is 12.8. The van der Waals surface area contributed by atoms with Gasteiger partial charge in [0, 0.05) is 26.2 Å². The Bertz CT molecular complexity index is 488. The quantitative estimate of drug-likeness (QED) is 0.751. The van der Waals surface area contributed by atoms with E-state index in [1.54, 1.807) is 0 Å². The number of aliphatic hydroxyl groups is 1. The summed E-state index contributed by atoms with van der Waals surface area (Å²) in [6.07, 6.45) is 1.19. The van der Waals surface area contributed by atoms with Gasteiger partial charge in [-0.1, -0.05) is 13.0 Å². The normalized spacial score (nSPS) is 17.7. The minimum absolute atomic E-state index is 0.0173. The highest BCUT2D eigenvalue weighted by Crippen LogP contribution is 2.32. The Morgan fingerprint density at radius 2 is 1.67 bits per heavy atom. The van der Waals surface area contributed by atoms with Gasteiger partial charge in [0.1, 0.15) is 0 Å². The third kappa shape index (κ3) is 4.85. The molecule has 0 radical (unpaired) electrons. The molecule has 1 aliphatic rings. The zero-order valence-corrected chi connectivity index (χ0v) is 15.3. The minimum atomic E-state index is 0.0173. The third-order valence-electron chi connectivity index (χ3n) is 4.51. The van der Waals surface area contributed by atoms with Crippen molar-refractivity contribution >= 4 is 0 Å². The summed E-state index contributed by atoms with van der Waals surface area (Å²) in [5.74, 6) is 1.53. The monoisotopic (exact) mass is 336 g/mol. The fourth-order valence-corrected chi connectivity index (χ4v) is 3.32. The Kier molecular flexibility index (Phi) is 7.82. The van der Waals surface area contributed by atoms with Gasteiger partial charge in [0.25, 0.3) is 0 Å². The molecule has 5 nitrogen and oxygen atoms in total. The van der Waals surface area contributed by atoms with E-state index in [4.69, 9.17) is 9.47 Å². The van der Waals surface area contributed by atoms with Gasteiger partial charge in [-0.3, -0.25) is 4.90 Å². The standard InChI is InChI=1S/C19H32N2O3/c1-4-9-20-10-12-21(13-11-20)17(15-22)16-7-8-18(23-5-2)19(14-16)24-6-3/h7-8,14,17,22H,4-6,9-13,15H2,1-3H3. The molecule has 136 valence electrons. The van der Waals surface area contributed by atoms with Crippen LogP contribution in [0.3, 0.4) is 0 Å². The first-order chi connectivity index (χ1) is 11.7. The van der Waals surface area contributed by atoms with Gasteiger partial charge >= 0.3 is 0 Å². The van der Waals surface area contributed by atoms with Gasteiger partial charge in [0.2, 0.25) is 0 Å². The molecule has 1 unspecified atom stereocenters. The molecule has 0 spiro atoms. The molecular weight excluding hydrogens is 304 g/mol. The second kappa shape index (κ2) is 9.87. The Morgan fingerprint density at radius 3 is 2.25 bits per heavy atom. The van der Waals surface area contributed by atoms with Crippen LogP contribution in [0, 0.1) is 0 Å². The van der Waals surface area contributed by atoms with Crippen LogP contribution in [-0.2, 0) is 0 Å². The second-order valence-corrected chi connectivity index (χ2v) is 6.15. The van der Waals surface area contributed by atoms with Crippen LogP contribution in [0.25, 0.3) is 0 Å². The number of nitrogens with zero attached hydrogens (tertiary/aromatic N) is 2. The van der Waals surface area contributed by atoms with E-state index in [0.29, 0.717) is 13.2 Å². The number of hydrogen-bond donors (Lipinski definition) is 1. The lowest BCUT2D eigenvalue weighted by molar-refractivity contribution is 0.0650. The molecule has 0 aromatic heterocycles. The van der Waals surface area contributed by atoms with Crippen LogP contribution in [0.4, 0.5) is 0 Å². The predicted molar refractivity (Wildman–Crippen MR) is 96.9 cm³/mol. The minimum Gasteiger partial charge on any atom is -0.490 e. The molecule has 0 saturated carbocycles. The summed E-state index contributed by atoms with van der Waals surface area (Å²) in [7, 11) is 0. The van der Waals surface area contributed by atoms with E-state index in [2.05, 4.69) is 16.7 Å². The molecule has 1 aliphatic heterocycles. The molecule has 0 bridgehead atoms. The summed E-state index contributed by atoms with van der Waals surface area (Å²) >= 11 is 0. The van der Waals surface area contributed by atoms with Crippen LogP contribution in [0.1, 0.15) is 38.8 Å². The van der Waals surface area contributed by atoms with Gasteiger partial charge in [-0.25, -0.2) is 0 Å². The smallest absolute Gasteiger partial charge is 0.161 e. The fourth-order valence-electron chi connectivity index (χ4n) is 3.32. The first kappa shape index (κ1) is 19.0. The molecule has 1 atom stereocenters. The van der Waals surface area contributed by atoms with Crippen LogP contribution in [0.2, 0.25) is 0 Å². The lowest BCUT2D eigenvalue weighted by Gasteiger charge is -2.39. The van der Waals surface area contributed by atoms with E-state index in [1.807, 2.05) is 32.0 Å². The Balaban J connectivity index is 2.11. The van der Waals surface area contributed by atoms with Crippen LogP contribution < -0.4 is 9.47 Å². The molecule has 0 amide bonds. The summed E-state index contributed by atoms with van der Waals surface area (Å²) in [4.78, 5) is 4.87. The van der Waals surface area contributed by atoms with Crippen molar-refractivity contribution in [1.29, 1.82) is 0 Å². The second-order valence-electron chi connectivity index (χ2n) is 6.15. The summed E-state index contributed by atoms with van der Waals surface area (Å²) in [5.41, 5.74) is 1.09. The van der Waals surface area contributed by atoms with Crippen molar-refractivity contribution in [3.63, 3.8) is 0 Å². The van der Waals surface area contributed by atoms with E-state index < -0.39 is 0 Å². The van der Waals surface area contributed by atoms with E-state index in [-0.39, 0.29) is 12.6 Å². The van der Waals surface area contributed by atoms with Crippen molar-refractivity contribution in [1.82, 2.24) is 9.80 Å². The Hall–Kier alpha value is -1.30. The topological polar surface area (TPSA) is 45.2 Å². The summed E-state index contributed by atoms with van der Waals surface area (Å²) in [6, 6.07) is 6.05. The molecule has 2 rings (SSSR count). The van der Waals surface area contributed by atoms with E-state index >= 15 is 0 Å². The van der Waals surface area contributed by atoms with Crippen molar-refractivity contribution < 1.29 is 14.6 Å². The Morgan fingerprint density at radius 1 is 1.00 bits per heavy atom. The number of piperazine rings is 1. The van der Waals surface area contributed by atoms with Crippen molar-refractivity contribution in [2.45, 2.75) is 33.2 Å². The molecule has 1 heterocycles. The van der Waals surface area contributed by atoms with Gasteiger partial charge in [-0.2, -0.15) is 0 Å². The highest BCUT2D eigenvalue weighted by Gasteiger charge is 2.25. The SMILES string of the molecule is CCCN1CCN(C(CO)c2ccc(OCC)c(OCC)c2)CC1. The number of hydrogen-bond acceptors (Lipinski definition) is 5. The Labute approximate surface area is 146 Å². The number of aliphatic hydroxyl groups excluding tert-OH is 1. The maximum Gasteiger partial charge on any atom is 0.161 e. The van der Waals surface area contributed by atoms with Gasteiger partial charge in [-0.15, -0.1) is 0 Å². The molecule has 0 aliphatic carbocycles. The van der Waals surface area contributed by atoms with Crippen molar-refractivity contribution in [3.8, 4) is 11.5 Å². The highest BCUT2D eigenvalue weighted by molar-refractivity contribution is 5.44. The molecule has 1 saturated heterocycles. The molecular formula is C19H32N2O3. The average Bonchev–Trinajstić information content (AvgIpc) is 2.60. The van der Waals surface area contributed by atoms with Gasteiger partial charge in [0.05, 0.1) is 25.9 Å². The van der Waals surface area contributed by atoms with Crippen LogP contribution >= 0.6 is 0 Å². The molecule has 5 heteroatoms. The van der Waals surface area contributed by atoms with Gasteiger partial charge < -0.3 is 19.5 Å². The summed E-state index contributed by atoms with van der Waals surface area (Å²) in [5, 5.41) is 9.97. The predicted octanol–water partition coefficient (Wildman–Crippen LogP) is 2.55. The highest BCUT2D eigenvalue weighted by atomic mass is 16.5. The maximum absolute atomic E-state index is 9.97. The third-order valence-corrected chi connectivity index (χ3v) is 4.51. The van der Waals surface area contributed by atoms with Crippen LogP contribution in [0.15, 0.2) is 18.2 Å².